The number of urea groups is 1. The molecular formula is C16H14F4N2O. The fourth-order valence-electron chi connectivity index (χ4n) is 1.89. The molecule has 0 aliphatic carbocycles. The molecule has 0 aliphatic rings. The van der Waals surface area contributed by atoms with E-state index in [1.807, 2.05) is 0 Å². The van der Waals surface area contributed by atoms with Gasteiger partial charge in [0.15, 0.2) is 0 Å². The third-order valence-corrected chi connectivity index (χ3v) is 3.08. The van der Waals surface area contributed by atoms with Gasteiger partial charge in [0.2, 0.25) is 0 Å². The molecule has 7 heteroatoms. The molecule has 0 spiro atoms. The van der Waals surface area contributed by atoms with Crippen LogP contribution in [0, 0.1) is 5.82 Å². The summed E-state index contributed by atoms with van der Waals surface area (Å²) in [6.07, 6.45) is -3.96. The average molecular weight is 326 g/mol. The van der Waals surface area contributed by atoms with Gasteiger partial charge in [0.25, 0.3) is 0 Å². The quantitative estimate of drug-likeness (QED) is 0.812. The molecule has 0 saturated carbocycles. The highest BCUT2D eigenvalue weighted by molar-refractivity contribution is 5.89. The van der Waals surface area contributed by atoms with Gasteiger partial charge in [-0.3, -0.25) is 0 Å². The predicted octanol–water partition coefficient (Wildman–Crippen LogP) is 4.21. The fourth-order valence-corrected chi connectivity index (χ4v) is 1.89. The van der Waals surface area contributed by atoms with Crippen molar-refractivity contribution in [1.82, 2.24) is 5.32 Å². The fraction of sp³-hybridized carbons (Fsp3) is 0.188. The van der Waals surface area contributed by atoms with Crippen LogP contribution in [-0.4, -0.2) is 12.6 Å². The van der Waals surface area contributed by atoms with Gasteiger partial charge < -0.3 is 10.6 Å². The van der Waals surface area contributed by atoms with Gasteiger partial charge in [0.05, 0.1) is 5.56 Å². The zero-order chi connectivity index (χ0) is 16.9. The molecule has 0 atom stereocenters. The first kappa shape index (κ1) is 16.8. The van der Waals surface area contributed by atoms with Crippen molar-refractivity contribution >= 4 is 11.7 Å². The van der Waals surface area contributed by atoms with E-state index in [1.54, 1.807) is 0 Å². The van der Waals surface area contributed by atoms with Crippen molar-refractivity contribution in [3.63, 3.8) is 0 Å². The molecule has 0 bridgehead atoms. The number of carbonyl (C=O) groups is 1. The van der Waals surface area contributed by atoms with Crippen molar-refractivity contribution in [3.8, 4) is 0 Å². The largest absolute Gasteiger partial charge is 0.416 e. The first-order chi connectivity index (χ1) is 10.8. The van der Waals surface area contributed by atoms with Gasteiger partial charge in [-0.05, 0) is 48.4 Å². The molecule has 0 saturated heterocycles. The van der Waals surface area contributed by atoms with Crippen molar-refractivity contribution in [2.75, 3.05) is 11.9 Å². The normalized spacial score (nSPS) is 11.1. The number of anilines is 1. The summed E-state index contributed by atoms with van der Waals surface area (Å²) in [7, 11) is 0. The molecule has 0 radical (unpaired) electrons. The molecule has 0 unspecified atom stereocenters. The van der Waals surface area contributed by atoms with Crippen molar-refractivity contribution in [2.24, 2.45) is 0 Å². The molecule has 2 rings (SSSR count). The smallest absolute Gasteiger partial charge is 0.338 e. The van der Waals surface area contributed by atoms with E-state index in [-0.39, 0.29) is 6.54 Å². The number of rotatable bonds is 4. The Kier molecular flexibility index (Phi) is 5.20. The summed E-state index contributed by atoms with van der Waals surface area (Å²) in [4.78, 5) is 11.6. The summed E-state index contributed by atoms with van der Waals surface area (Å²) in [6.45, 7) is 0.262. The maximum Gasteiger partial charge on any atom is 0.416 e. The topological polar surface area (TPSA) is 41.1 Å². The predicted molar refractivity (Wildman–Crippen MR) is 78.6 cm³/mol. The van der Waals surface area contributed by atoms with Gasteiger partial charge in [-0.15, -0.1) is 0 Å². The Labute approximate surface area is 130 Å². The van der Waals surface area contributed by atoms with E-state index in [0.29, 0.717) is 17.7 Å². The second kappa shape index (κ2) is 7.13. The number of amides is 2. The lowest BCUT2D eigenvalue weighted by atomic mass is 10.1. The van der Waals surface area contributed by atoms with Gasteiger partial charge in [-0.2, -0.15) is 13.2 Å². The molecule has 2 amide bonds. The van der Waals surface area contributed by atoms with Crippen LogP contribution < -0.4 is 10.6 Å². The number of benzene rings is 2. The van der Waals surface area contributed by atoms with Crippen LogP contribution in [-0.2, 0) is 12.6 Å². The molecule has 23 heavy (non-hydrogen) atoms. The second-order valence-corrected chi connectivity index (χ2v) is 4.83. The van der Waals surface area contributed by atoms with E-state index in [0.717, 1.165) is 12.1 Å². The Hall–Kier alpha value is -2.57. The molecule has 0 heterocycles. The second-order valence-electron chi connectivity index (χ2n) is 4.83. The summed E-state index contributed by atoms with van der Waals surface area (Å²) in [5.41, 5.74) is 0.418. The Balaban J connectivity index is 1.78. The lowest BCUT2D eigenvalue weighted by molar-refractivity contribution is -0.137. The van der Waals surface area contributed by atoms with Gasteiger partial charge >= 0.3 is 12.2 Å². The number of carbonyl (C=O) groups excluding carboxylic acids is 1. The average Bonchev–Trinajstić information content (AvgIpc) is 2.49. The first-order valence-electron chi connectivity index (χ1n) is 6.81. The van der Waals surface area contributed by atoms with E-state index in [2.05, 4.69) is 10.6 Å². The maximum absolute atomic E-state index is 12.7. The van der Waals surface area contributed by atoms with Crippen LogP contribution in [0.25, 0.3) is 0 Å². The molecule has 2 N–H and O–H groups in total. The standard InChI is InChI=1S/C16H14F4N2O/c17-13-5-7-14(8-6-13)22-15(23)21-10-9-11-1-3-12(4-2-11)16(18,19)20/h1-8H,9-10H2,(H2,21,22,23). The van der Waals surface area contributed by atoms with Gasteiger partial charge in [-0.25, -0.2) is 9.18 Å². The van der Waals surface area contributed by atoms with E-state index in [9.17, 15) is 22.4 Å². The molecule has 2 aromatic rings. The number of halogens is 4. The van der Waals surface area contributed by atoms with Crippen LogP contribution in [0.4, 0.5) is 28.0 Å². The first-order valence-corrected chi connectivity index (χ1v) is 6.81. The minimum absolute atomic E-state index is 0.262. The lowest BCUT2D eigenvalue weighted by Gasteiger charge is -2.09. The van der Waals surface area contributed by atoms with Crippen LogP contribution in [0.15, 0.2) is 48.5 Å². The van der Waals surface area contributed by atoms with E-state index >= 15 is 0 Å². The van der Waals surface area contributed by atoms with Crippen molar-refractivity contribution in [1.29, 1.82) is 0 Å². The third-order valence-electron chi connectivity index (χ3n) is 3.08. The highest BCUT2D eigenvalue weighted by Gasteiger charge is 2.29. The molecule has 3 nitrogen and oxygen atoms in total. The van der Waals surface area contributed by atoms with Crippen molar-refractivity contribution in [2.45, 2.75) is 12.6 Å². The van der Waals surface area contributed by atoms with Gasteiger partial charge in [0, 0.05) is 12.2 Å². The molecule has 2 aromatic carbocycles. The van der Waals surface area contributed by atoms with E-state index in [4.69, 9.17) is 0 Å². The Morgan fingerprint density at radius 2 is 1.57 bits per heavy atom. The Bertz CT molecular complexity index is 651. The van der Waals surface area contributed by atoms with Crippen LogP contribution in [0.5, 0.6) is 0 Å². The van der Waals surface area contributed by atoms with Crippen LogP contribution in [0.2, 0.25) is 0 Å². The minimum atomic E-state index is -4.36. The van der Waals surface area contributed by atoms with Crippen LogP contribution in [0.3, 0.4) is 0 Å². The molecule has 0 aliphatic heterocycles. The summed E-state index contributed by atoms with van der Waals surface area (Å²) in [5.74, 6) is -0.404. The summed E-state index contributed by atoms with van der Waals surface area (Å²) in [5, 5.41) is 5.09. The maximum atomic E-state index is 12.7. The van der Waals surface area contributed by atoms with Gasteiger partial charge in [0.1, 0.15) is 5.82 Å². The number of hydrogen-bond acceptors (Lipinski definition) is 1. The highest BCUT2D eigenvalue weighted by Crippen LogP contribution is 2.29. The molecule has 0 aromatic heterocycles. The molecule has 0 fully saturated rings. The van der Waals surface area contributed by atoms with Crippen LogP contribution in [0.1, 0.15) is 11.1 Å². The zero-order valence-electron chi connectivity index (χ0n) is 12.0. The monoisotopic (exact) mass is 326 g/mol. The molecule has 122 valence electrons. The number of alkyl halides is 3. The Morgan fingerprint density at radius 1 is 0.957 bits per heavy atom. The summed E-state index contributed by atoms with van der Waals surface area (Å²) < 4.78 is 50.0. The summed E-state index contributed by atoms with van der Waals surface area (Å²) in [6, 6.07) is 9.58. The van der Waals surface area contributed by atoms with E-state index in [1.165, 1.54) is 36.4 Å². The van der Waals surface area contributed by atoms with Crippen molar-refractivity contribution < 1.29 is 22.4 Å². The Morgan fingerprint density at radius 3 is 2.13 bits per heavy atom. The zero-order valence-corrected chi connectivity index (χ0v) is 12.0. The SMILES string of the molecule is O=C(NCCc1ccc(C(F)(F)F)cc1)Nc1ccc(F)cc1. The third kappa shape index (κ3) is 5.28. The lowest BCUT2D eigenvalue weighted by Crippen LogP contribution is -2.30. The van der Waals surface area contributed by atoms with Gasteiger partial charge in [-0.1, -0.05) is 12.1 Å². The minimum Gasteiger partial charge on any atom is -0.338 e. The number of hydrogen-bond donors (Lipinski definition) is 2. The van der Waals surface area contributed by atoms with E-state index < -0.39 is 23.6 Å². The van der Waals surface area contributed by atoms with Crippen LogP contribution >= 0.6 is 0 Å². The highest BCUT2D eigenvalue weighted by atomic mass is 19.4. The molecular weight excluding hydrogens is 312 g/mol. The summed E-state index contributed by atoms with van der Waals surface area (Å²) >= 11 is 0. The van der Waals surface area contributed by atoms with Crippen molar-refractivity contribution in [3.05, 3.63) is 65.5 Å². The number of nitrogens with one attached hydrogen (secondary N) is 2.